The van der Waals surface area contributed by atoms with E-state index in [9.17, 15) is 5.11 Å². The van der Waals surface area contributed by atoms with Crippen molar-refractivity contribution in [1.82, 2.24) is 0 Å². The van der Waals surface area contributed by atoms with E-state index in [1.54, 1.807) is 0 Å². The van der Waals surface area contributed by atoms with Gasteiger partial charge in [-0.15, -0.1) is 0 Å². The van der Waals surface area contributed by atoms with Crippen LogP contribution in [0.5, 0.6) is 0 Å². The smallest absolute Gasteiger partial charge is 0.0850 e. The first-order valence-electron chi connectivity index (χ1n) is 10.9. The van der Waals surface area contributed by atoms with Crippen molar-refractivity contribution >= 4 is 0 Å². The zero-order valence-electron chi connectivity index (χ0n) is 16.4. The van der Waals surface area contributed by atoms with Gasteiger partial charge in [-0.2, -0.15) is 0 Å². The molecule has 0 aromatic carbocycles. The number of hydrogen-bond acceptors (Lipinski definition) is 0. The fourth-order valence-corrected chi connectivity index (χ4v) is 3.44. The molecule has 0 aliphatic rings. The molecule has 1 unspecified atom stereocenters. The van der Waals surface area contributed by atoms with Crippen LogP contribution in [0, 0.1) is 5.92 Å². The van der Waals surface area contributed by atoms with E-state index in [4.69, 9.17) is 0 Å². The molecule has 0 saturated carbocycles. The van der Waals surface area contributed by atoms with Crippen molar-refractivity contribution < 1.29 is 5.11 Å². The third kappa shape index (κ3) is 18.1. The van der Waals surface area contributed by atoms with Crippen LogP contribution < -0.4 is 0 Å². The summed E-state index contributed by atoms with van der Waals surface area (Å²) in [5.41, 5.74) is 0. The van der Waals surface area contributed by atoms with Gasteiger partial charge in [0.05, 0.1) is 6.61 Å². The van der Waals surface area contributed by atoms with E-state index < -0.39 is 0 Å². The lowest BCUT2D eigenvalue weighted by Crippen LogP contribution is -2.05. The Balaban J connectivity index is 3.21. The van der Waals surface area contributed by atoms with E-state index >= 15 is 0 Å². The molecule has 1 nitrogen and oxygen atoms in total. The maximum atomic E-state index is 11.2. The molecule has 0 aromatic rings. The standard InChI is InChI=1S/C22H45O/c1-3-5-7-9-10-11-12-13-14-15-16-18-20-22(21-23)19-17-8-6-4-2/h22H,3-21H2,1-2H3. The average molecular weight is 326 g/mol. The predicted molar refractivity (Wildman–Crippen MR) is 103 cm³/mol. The van der Waals surface area contributed by atoms with Crippen molar-refractivity contribution in [3.05, 3.63) is 0 Å². The highest BCUT2D eigenvalue weighted by Gasteiger charge is 2.07. The van der Waals surface area contributed by atoms with Crippen LogP contribution in [-0.4, -0.2) is 6.61 Å². The largest absolute Gasteiger partial charge is 0.236 e. The minimum absolute atomic E-state index is 0.157. The van der Waals surface area contributed by atoms with Gasteiger partial charge in [-0.05, 0) is 18.8 Å². The Kier molecular flexibility index (Phi) is 20.0. The molecular formula is C22H45O. The van der Waals surface area contributed by atoms with Crippen LogP contribution in [0.4, 0.5) is 0 Å². The second-order valence-corrected chi connectivity index (χ2v) is 7.56. The molecule has 0 aliphatic carbocycles. The summed E-state index contributed by atoms with van der Waals surface area (Å²) >= 11 is 0. The van der Waals surface area contributed by atoms with Crippen LogP contribution in [0.25, 0.3) is 0 Å². The lowest BCUT2D eigenvalue weighted by atomic mass is 9.95. The molecule has 0 amide bonds. The molecule has 0 bridgehead atoms. The molecular weight excluding hydrogens is 280 g/mol. The highest BCUT2D eigenvalue weighted by Crippen LogP contribution is 2.18. The first-order valence-corrected chi connectivity index (χ1v) is 10.9. The Hall–Kier alpha value is -0.0400. The summed E-state index contributed by atoms with van der Waals surface area (Å²) in [6.07, 6.45) is 24.5. The molecule has 0 aromatic heterocycles. The first-order chi connectivity index (χ1) is 11.3. The highest BCUT2D eigenvalue weighted by atomic mass is 16.3. The summed E-state index contributed by atoms with van der Waals surface area (Å²) in [5.74, 6) is 0.468. The van der Waals surface area contributed by atoms with Crippen molar-refractivity contribution in [3.8, 4) is 0 Å². The van der Waals surface area contributed by atoms with E-state index in [2.05, 4.69) is 13.8 Å². The third-order valence-electron chi connectivity index (χ3n) is 5.17. The molecule has 139 valence electrons. The summed E-state index contributed by atoms with van der Waals surface area (Å²) in [6.45, 7) is 4.69. The SMILES string of the molecule is CCCCCCCCCCCCCCC(C[O])CCCCCC. The van der Waals surface area contributed by atoms with Gasteiger partial charge in [0, 0.05) is 0 Å². The average Bonchev–Trinajstić information content (AvgIpc) is 2.57. The first kappa shape index (κ1) is 23.0. The van der Waals surface area contributed by atoms with Gasteiger partial charge in [0.15, 0.2) is 0 Å². The molecule has 0 aliphatic heterocycles. The van der Waals surface area contributed by atoms with Crippen molar-refractivity contribution in [2.45, 2.75) is 129 Å². The highest BCUT2D eigenvalue weighted by molar-refractivity contribution is 4.59. The van der Waals surface area contributed by atoms with Gasteiger partial charge in [-0.25, -0.2) is 5.11 Å². The van der Waals surface area contributed by atoms with Crippen LogP contribution in [0.15, 0.2) is 0 Å². The van der Waals surface area contributed by atoms with Crippen LogP contribution in [0.1, 0.15) is 129 Å². The van der Waals surface area contributed by atoms with Crippen molar-refractivity contribution in [2.75, 3.05) is 6.61 Å². The Morgan fingerprint density at radius 2 is 0.783 bits per heavy atom. The maximum absolute atomic E-state index is 11.2. The zero-order valence-corrected chi connectivity index (χ0v) is 16.4. The van der Waals surface area contributed by atoms with Crippen molar-refractivity contribution in [2.24, 2.45) is 5.92 Å². The Morgan fingerprint density at radius 3 is 1.13 bits per heavy atom. The fourth-order valence-electron chi connectivity index (χ4n) is 3.44. The summed E-state index contributed by atoms with van der Waals surface area (Å²) in [7, 11) is 0. The summed E-state index contributed by atoms with van der Waals surface area (Å²) in [4.78, 5) is 0. The van der Waals surface area contributed by atoms with E-state index in [0.717, 1.165) is 0 Å². The van der Waals surface area contributed by atoms with E-state index in [1.807, 2.05) is 0 Å². The summed E-state index contributed by atoms with van der Waals surface area (Å²) in [6, 6.07) is 0. The van der Waals surface area contributed by atoms with E-state index in [0.29, 0.717) is 5.92 Å². The van der Waals surface area contributed by atoms with Crippen molar-refractivity contribution in [1.29, 1.82) is 0 Å². The van der Waals surface area contributed by atoms with Gasteiger partial charge < -0.3 is 0 Å². The minimum atomic E-state index is 0.157. The molecule has 23 heavy (non-hydrogen) atoms. The van der Waals surface area contributed by atoms with Crippen LogP contribution in [0.3, 0.4) is 0 Å². The minimum Gasteiger partial charge on any atom is -0.236 e. The quantitative estimate of drug-likeness (QED) is 0.214. The Bertz CT molecular complexity index is 202. The Labute approximate surface area is 147 Å². The summed E-state index contributed by atoms with van der Waals surface area (Å²) < 4.78 is 0. The van der Waals surface area contributed by atoms with Gasteiger partial charge in [0.1, 0.15) is 0 Å². The molecule has 1 radical (unpaired) electrons. The topological polar surface area (TPSA) is 19.9 Å². The maximum Gasteiger partial charge on any atom is 0.0850 e. The monoisotopic (exact) mass is 325 g/mol. The molecule has 0 heterocycles. The molecule has 0 fully saturated rings. The van der Waals surface area contributed by atoms with Crippen LogP contribution in [0.2, 0.25) is 0 Å². The van der Waals surface area contributed by atoms with Gasteiger partial charge in [-0.3, -0.25) is 0 Å². The lowest BCUT2D eigenvalue weighted by molar-refractivity contribution is 0.130. The second-order valence-electron chi connectivity index (χ2n) is 7.56. The number of unbranched alkanes of at least 4 members (excludes halogenated alkanes) is 14. The van der Waals surface area contributed by atoms with Crippen LogP contribution in [-0.2, 0) is 5.11 Å². The molecule has 0 rings (SSSR count). The second kappa shape index (κ2) is 20.0. The predicted octanol–water partition coefficient (Wildman–Crippen LogP) is 8.09. The molecule has 1 atom stereocenters. The summed E-state index contributed by atoms with van der Waals surface area (Å²) in [5, 5.41) is 11.2. The molecule has 0 saturated heterocycles. The molecule has 0 N–H and O–H groups in total. The Morgan fingerprint density at radius 1 is 0.478 bits per heavy atom. The van der Waals surface area contributed by atoms with Crippen molar-refractivity contribution in [3.63, 3.8) is 0 Å². The number of rotatable bonds is 19. The van der Waals surface area contributed by atoms with Gasteiger partial charge >= 0.3 is 0 Å². The third-order valence-corrected chi connectivity index (χ3v) is 5.17. The lowest BCUT2D eigenvalue weighted by Gasteiger charge is -2.12. The number of hydrogen-bond donors (Lipinski definition) is 0. The van der Waals surface area contributed by atoms with Gasteiger partial charge in [0.25, 0.3) is 0 Å². The molecule has 0 spiro atoms. The zero-order chi connectivity index (χ0) is 17.0. The fraction of sp³-hybridized carbons (Fsp3) is 1.00. The van der Waals surface area contributed by atoms with E-state index in [-0.39, 0.29) is 6.61 Å². The molecule has 1 heteroatoms. The van der Waals surface area contributed by atoms with Crippen LogP contribution >= 0.6 is 0 Å². The normalized spacial score (nSPS) is 12.7. The van der Waals surface area contributed by atoms with Gasteiger partial charge in [0.2, 0.25) is 0 Å². The van der Waals surface area contributed by atoms with E-state index in [1.165, 1.54) is 116 Å². The van der Waals surface area contributed by atoms with Gasteiger partial charge in [-0.1, -0.05) is 117 Å².